The number of halogens is 2. The van der Waals surface area contributed by atoms with Gasteiger partial charge in [-0.1, -0.05) is 0 Å². The number of aryl methyl sites for hydroxylation is 1. The number of fused-ring (bicyclic) bond motifs is 1. The van der Waals surface area contributed by atoms with Crippen molar-refractivity contribution in [1.29, 1.82) is 0 Å². The van der Waals surface area contributed by atoms with Gasteiger partial charge in [-0.25, -0.2) is 0 Å². The van der Waals surface area contributed by atoms with E-state index in [9.17, 15) is 9.59 Å². The molecule has 0 atom stereocenters. The minimum absolute atomic E-state index is 0.0307. The van der Waals surface area contributed by atoms with Gasteiger partial charge in [0.2, 0.25) is 5.91 Å². The maximum Gasteiger partial charge on any atom is 0.262 e. The first-order chi connectivity index (χ1) is 12.3. The highest BCUT2D eigenvalue weighted by molar-refractivity contribution is 9.11. The van der Waals surface area contributed by atoms with Crippen LogP contribution in [-0.4, -0.2) is 25.0 Å². The molecule has 1 aliphatic rings. The summed E-state index contributed by atoms with van der Waals surface area (Å²) in [5, 5.41) is 2.84. The third kappa shape index (κ3) is 4.10. The largest absolute Gasteiger partial charge is 0.481 e. The van der Waals surface area contributed by atoms with Crippen LogP contribution in [0.3, 0.4) is 0 Å². The molecule has 2 aromatic carbocycles. The van der Waals surface area contributed by atoms with Crippen molar-refractivity contribution in [2.75, 3.05) is 23.4 Å². The highest BCUT2D eigenvalue weighted by Crippen LogP contribution is 2.34. The van der Waals surface area contributed by atoms with Crippen LogP contribution in [0.25, 0.3) is 0 Å². The molecular weight excluding hydrogens is 464 g/mol. The van der Waals surface area contributed by atoms with Crippen molar-refractivity contribution in [3.8, 4) is 5.75 Å². The number of nitrogens with zero attached hydrogens (tertiary/aromatic N) is 1. The molecule has 1 aliphatic heterocycles. The predicted molar refractivity (Wildman–Crippen MR) is 109 cm³/mol. The van der Waals surface area contributed by atoms with Crippen LogP contribution in [0.15, 0.2) is 39.3 Å². The van der Waals surface area contributed by atoms with Gasteiger partial charge in [-0.2, -0.15) is 0 Å². The minimum Gasteiger partial charge on any atom is -0.481 e. The van der Waals surface area contributed by atoms with Crippen molar-refractivity contribution in [2.24, 2.45) is 0 Å². The third-order valence-electron chi connectivity index (χ3n) is 4.13. The van der Waals surface area contributed by atoms with Crippen LogP contribution in [0, 0.1) is 6.92 Å². The van der Waals surface area contributed by atoms with Gasteiger partial charge in [-0.05, 0) is 86.7 Å². The van der Waals surface area contributed by atoms with Gasteiger partial charge in [0, 0.05) is 24.8 Å². The van der Waals surface area contributed by atoms with Gasteiger partial charge >= 0.3 is 0 Å². The van der Waals surface area contributed by atoms with Crippen molar-refractivity contribution < 1.29 is 14.3 Å². The molecule has 0 unspecified atom stereocenters. The summed E-state index contributed by atoms with van der Waals surface area (Å²) in [7, 11) is 0. The van der Waals surface area contributed by atoms with Crippen LogP contribution < -0.4 is 15.0 Å². The van der Waals surface area contributed by atoms with E-state index >= 15 is 0 Å². The molecular formula is C19H18Br2N2O3. The molecule has 5 nitrogen and oxygen atoms in total. The van der Waals surface area contributed by atoms with Crippen LogP contribution in [0.2, 0.25) is 0 Å². The molecule has 0 radical (unpaired) electrons. The van der Waals surface area contributed by atoms with Crippen LogP contribution >= 0.6 is 31.9 Å². The second kappa shape index (κ2) is 7.80. The number of carbonyl (C=O) groups excluding carboxylic acids is 2. The van der Waals surface area contributed by atoms with Crippen LogP contribution in [-0.2, 0) is 16.0 Å². The van der Waals surface area contributed by atoms with Gasteiger partial charge in [0.1, 0.15) is 5.75 Å². The molecule has 0 aliphatic carbocycles. The monoisotopic (exact) mass is 480 g/mol. The number of rotatable bonds is 4. The van der Waals surface area contributed by atoms with Gasteiger partial charge in [0.15, 0.2) is 6.61 Å². The lowest BCUT2D eigenvalue weighted by Gasteiger charge is -2.15. The Kier molecular flexibility index (Phi) is 5.67. The number of ether oxygens (including phenoxy) is 1. The van der Waals surface area contributed by atoms with Gasteiger partial charge in [-0.3, -0.25) is 9.59 Å². The highest BCUT2D eigenvalue weighted by Gasteiger charge is 2.22. The summed E-state index contributed by atoms with van der Waals surface area (Å²) in [5.74, 6) is 0.380. The average Bonchev–Trinajstić information content (AvgIpc) is 2.97. The van der Waals surface area contributed by atoms with Crippen molar-refractivity contribution in [3.05, 3.63) is 50.4 Å². The molecule has 1 heterocycles. The van der Waals surface area contributed by atoms with Gasteiger partial charge < -0.3 is 15.0 Å². The topological polar surface area (TPSA) is 58.6 Å². The van der Waals surface area contributed by atoms with E-state index in [0.717, 1.165) is 32.2 Å². The van der Waals surface area contributed by atoms with E-state index in [1.807, 2.05) is 31.2 Å². The zero-order valence-electron chi connectivity index (χ0n) is 14.4. The Bertz CT molecular complexity index is 860. The number of hydrogen-bond acceptors (Lipinski definition) is 3. The fourth-order valence-electron chi connectivity index (χ4n) is 2.97. The summed E-state index contributed by atoms with van der Waals surface area (Å²) in [6.07, 6.45) is 0.790. The van der Waals surface area contributed by atoms with Gasteiger partial charge in [0.25, 0.3) is 5.91 Å². The Morgan fingerprint density at radius 3 is 2.54 bits per heavy atom. The summed E-state index contributed by atoms with van der Waals surface area (Å²) in [6, 6.07) is 9.44. The molecule has 26 heavy (non-hydrogen) atoms. The van der Waals surface area contributed by atoms with Crippen molar-refractivity contribution in [1.82, 2.24) is 0 Å². The summed E-state index contributed by atoms with van der Waals surface area (Å²) in [4.78, 5) is 25.6. The van der Waals surface area contributed by atoms with E-state index in [1.54, 1.807) is 17.9 Å². The number of amides is 2. The zero-order valence-corrected chi connectivity index (χ0v) is 17.6. The fraction of sp³-hybridized carbons (Fsp3) is 0.263. The van der Waals surface area contributed by atoms with E-state index in [0.29, 0.717) is 18.0 Å². The maximum atomic E-state index is 12.2. The summed E-state index contributed by atoms with van der Waals surface area (Å²) >= 11 is 6.89. The SMILES string of the molecule is CC(=O)N1CCc2cc(NC(=O)COc3c(Br)cc(C)cc3Br)ccc21. The summed E-state index contributed by atoms with van der Waals surface area (Å²) in [6.45, 7) is 4.12. The molecule has 0 spiro atoms. The number of anilines is 2. The minimum atomic E-state index is -0.245. The molecule has 3 rings (SSSR count). The molecule has 0 fully saturated rings. The van der Waals surface area contributed by atoms with Gasteiger partial charge in [0.05, 0.1) is 8.95 Å². The lowest BCUT2D eigenvalue weighted by atomic mass is 10.1. The quantitative estimate of drug-likeness (QED) is 0.701. The second-order valence-corrected chi connectivity index (χ2v) is 7.87. The summed E-state index contributed by atoms with van der Waals surface area (Å²) in [5.41, 5.74) is 3.75. The third-order valence-corrected chi connectivity index (χ3v) is 5.31. The van der Waals surface area contributed by atoms with E-state index in [-0.39, 0.29) is 18.4 Å². The molecule has 0 aromatic heterocycles. The lowest BCUT2D eigenvalue weighted by Crippen LogP contribution is -2.25. The molecule has 0 bridgehead atoms. The van der Waals surface area contributed by atoms with Gasteiger partial charge in [-0.15, -0.1) is 0 Å². The van der Waals surface area contributed by atoms with Crippen molar-refractivity contribution >= 4 is 55.0 Å². The van der Waals surface area contributed by atoms with Crippen LogP contribution in [0.1, 0.15) is 18.1 Å². The summed E-state index contributed by atoms with van der Waals surface area (Å²) < 4.78 is 7.22. The Morgan fingerprint density at radius 2 is 1.88 bits per heavy atom. The molecule has 2 aromatic rings. The Balaban J connectivity index is 1.64. The first-order valence-electron chi connectivity index (χ1n) is 8.14. The fourth-order valence-corrected chi connectivity index (χ4v) is 4.61. The van der Waals surface area contributed by atoms with E-state index < -0.39 is 0 Å². The number of benzene rings is 2. The maximum absolute atomic E-state index is 12.2. The molecule has 0 saturated carbocycles. The molecule has 136 valence electrons. The average molecular weight is 482 g/mol. The molecule has 0 saturated heterocycles. The number of carbonyl (C=O) groups is 2. The molecule has 2 amide bonds. The van der Waals surface area contributed by atoms with E-state index in [2.05, 4.69) is 37.2 Å². The van der Waals surface area contributed by atoms with E-state index in [1.165, 1.54) is 0 Å². The predicted octanol–water partition coefficient (Wildman–Crippen LogP) is 4.45. The smallest absolute Gasteiger partial charge is 0.262 e. The normalized spacial score (nSPS) is 12.7. The van der Waals surface area contributed by atoms with Crippen molar-refractivity contribution in [2.45, 2.75) is 20.3 Å². The number of hydrogen-bond donors (Lipinski definition) is 1. The second-order valence-electron chi connectivity index (χ2n) is 6.16. The zero-order chi connectivity index (χ0) is 18.8. The highest BCUT2D eigenvalue weighted by atomic mass is 79.9. The van der Waals surface area contributed by atoms with Crippen molar-refractivity contribution in [3.63, 3.8) is 0 Å². The molecule has 7 heteroatoms. The Morgan fingerprint density at radius 1 is 1.19 bits per heavy atom. The van der Waals surface area contributed by atoms with E-state index in [4.69, 9.17) is 4.74 Å². The van der Waals surface area contributed by atoms with Crippen LogP contribution in [0.5, 0.6) is 5.75 Å². The first kappa shape index (κ1) is 18.9. The Labute approximate surface area is 169 Å². The first-order valence-corrected chi connectivity index (χ1v) is 9.73. The number of nitrogens with one attached hydrogen (secondary N) is 1. The standard InChI is InChI=1S/C19H18Br2N2O3/c1-11-7-15(20)19(16(21)8-11)26-10-18(25)22-14-3-4-17-13(9-14)5-6-23(17)12(2)24/h3-4,7-9H,5-6,10H2,1-2H3,(H,22,25). The lowest BCUT2D eigenvalue weighted by molar-refractivity contribution is -0.118. The Hall–Kier alpha value is -1.86. The molecule has 1 N–H and O–H groups in total. The van der Waals surface area contributed by atoms with Crippen LogP contribution in [0.4, 0.5) is 11.4 Å².